The molecule has 3 rings (SSSR count). The number of imidazole rings is 1. The van der Waals surface area contributed by atoms with E-state index >= 15 is 0 Å². The molecule has 1 aromatic carbocycles. The number of benzene rings is 1. The number of nitrogens with zero attached hydrogens (tertiary/aromatic N) is 3. The van der Waals surface area contributed by atoms with E-state index in [4.69, 9.17) is 0 Å². The number of aromatic nitrogens is 2. The van der Waals surface area contributed by atoms with Gasteiger partial charge in [0, 0.05) is 13.1 Å². The van der Waals surface area contributed by atoms with Gasteiger partial charge in [0.1, 0.15) is 6.33 Å². The highest BCUT2D eigenvalue weighted by atomic mass is 32.2. The third kappa shape index (κ3) is 1.95. The molecule has 1 saturated heterocycles. The zero-order valence-electron chi connectivity index (χ0n) is 11.1. The van der Waals surface area contributed by atoms with Gasteiger partial charge in [-0.3, -0.25) is 0 Å². The van der Waals surface area contributed by atoms with Crippen molar-refractivity contribution in [3.63, 3.8) is 0 Å². The summed E-state index contributed by atoms with van der Waals surface area (Å²) in [4.78, 5) is 4.22. The molecule has 5 nitrogen and oxygen atoms in total. The molecule has 0 aliphatic carbocycles. The molecular formula is C13H17N3O2S. The molecule has 2 aromatic rings. The van der Waals surface area contributed by atoms with Crippen LogP contribution >= 0.6 is 0 Å². The Labute approximate surface area is 113 Å². The Bertz CT molecular complexity index is 728. The maximum absolute atomic E-state index is 12.6. The fourth-order valence-electron chi connectivity index (χ4n) is 2.47. The highest BCUT2D eigenvalue weighted by Gasteiger charge is 2.28. The number of hydrogen-bond donors (Lipinski definition) is 0. The Morgan fingerprint density at radius 1 is 1.11 bits per heavy atom. The van der Waals surface area contributed by atoms with Crippen LogP contribution in [0.2, 0.25) is 0 Å². The zero-order valence-corrected chi connectivity index (χ0v) is 11.9. The SMILES string of the molecule is Cc1cc2ncn(S(=O)(=O)N3CCCC3)c2cc1C. The quantitative estimate of drug-likeness (QED) is 0.843. The molecular weight excluding hydrogens is 262 g/mol. The van der Waals surface area contributed by atoms with Crippen LogP contribution in [0.25, 0.3) is 11.0 Å². The molecule has 0 bridgehead atoms. The lowest BCUT2D eigenvalue weighted by Crippen LogP contribution is -2.32. The molecule has 0 N–H and O–H groups in total. The van der Waals surface area contributed by atoms with E-state index in [0.717, 1.165) is 29.5 Å². The van der Waals surface area contributed by atoms with Crippen LogP contribution in [0.4, 0.5) is 0 Å². The molecule has 102 valence electrons. The summed E-state index contributed by atoms with van der Waals surface area (Å²) in [5, 5.41) is 0. The molecule has 2 heterocycles. The van der Waals surface area contributed by atoms with Crippen LogP contribution in [0, 0.1) is 13.8 Å². The van der Waals surface area contributed by atoms with E-state index in [9.17, 15) is 8.42 Å². The lowest BCUT2D eigenvalue weighted by atomic mass is 10.1. The molecule has 1 aliphatic rings. The first kappa shape index (κ1) is 12.6. The summed E-state index contributed by atoms with van der Waals surface area (Å²) >= 11 is 0. The molecule has 0 unspecified atom stereocenters. The van der Waals surface area contributed by atoms with Gasteiger partial charge in [-0.2, -0.15) is 12.7 Å². The molecule has 6 heteroatoms. The first-order valence-corrected chi connectivity index (χ1v) is 7.85. The molecule has 0 spiro atoms. The summed E-state index contributed by atoms with van der Waals surface area (Å²) in [6.45, 7) is 5.19. The van der Waals surface area contributed by atoms with E-state index in [1.54, 1.807) is 0 Å². The van der Waals surface area contributed by atoms with Crippen LogP contribution < -0.4 is 0 Å². The molecule has 1 aliphatic heterocycles. The molecule has 0 saturated carbocycles. The minimum Gasteiger partial charge on any atom is -0.236 e. The minimum atomic E-state index is -3.46. The van der Waals surface area contributed by atoms with Crippen molar-refractivity contribution in [2.45, 2.75) is 26.7 Å². The predicted octanol–water partition coefficient (Wildman–Crippen LogP) is 1.84. The van der Waals surface area contributed by atoms with Crippen LogP contribution in [0.15, 0.2) is 18.5 Å². The van der Waals surface area contributed by atoms with Crippen molar-refractivity contribution in [2.24, 2.45) is 0 Å². The van der Waals surface area contributed by atoms with Gasteiger partial charge in [0.2, 0.25) is 0 Å². The molecule has 0 amide bonds. The van der Waals surface area contributed by atoms with Crippen molar-refractivity contribution in [1.82, 2.24) is 13.3 Å². The van der Waals surface area contributed by atoms with E-state index in [0.29, 0.717) is 18.6 Å². The van der Waals surface area contributed by atoms with Crippen molar-refractivity contribution < 1.29 is 8.42 Å². The Kier molecular flexibility index (Phi) is 2.87. The van der Waals surface area contributed by atoms with Gasteiger partial charge in [-0.05, 0) is 49.9 Å². The first-order chi connectivity index (χ1) is 9.00. The van der Waals surface area contributed by atoms with E-state index in [-0.39, 0.29) is 0 Å². The normalized spacial score (nSPS) is 17.4. The second-order valence-electron chi connectivity index (χ2n) is 5.08. The summed E-state index contributed by atoms with van der Waals surface area (Å²) in [6.07, 6.45) is 3.28. The van der Waals surface area contributed by atoms with E-state index in [1.165, 1.54) is 14.6 Å². The number of aryl methyl sites for hydroxylation is 2. The predicted molar refractivity (Wildman–Crippen MR) is 74.3 cm³/mol. The molecule has 0 atom stereocenters. The van der Waals surface area contributed by atoms with Crippen molar-refractivity contribution in [2.75, 3.05) is 13.1 Å². The van der Waals surface area contributed by atoms with Gasteiger partial charge in [0.05, 0.1) is 11.0 Å². The summed E-state index contributed by atoms with van der Waals surface area (Å²) in [5.41, 5.74) is 3.59. The van der Waals surface area contributed by atoms with Crippen LogP contribution in [0.1, 0.15) is 24.0 Å². The number of fused-ring (bicyclic) bond motifs is 1. The maximum Gasteiger partial charge on any atom is 0.309 e. The number of rotatable bonds is 2. The average molecular weight is 279 g/mol. The van der Waals surface area contributed by atoms with Gasteiger partial charge in [0.15, 0.2) is 0 Å². The second-order valence-corrected chi connectivity index (χ2v) is 6.88. The highest BCUT2D eigenvalue weighted by Crippen LogP contribution is 2.22. The van der Waals surface area contributed by atoms with E-state index < -0.39 is 10.2 Å². The average Bonchev–Trinajstić information content (AvgIpc) is 2.98. The Balaban J connectivity index is 2.17. The lowest BCUT2D eigenvalue weighted by molar-refractivity contribution is 0.470. The van der Waals surface area contributed by atoms with E-state index in [1.807, 2.05) is 26.0 Å². The Morgan fingerprint density at radius 2 is 1.74 bits per heavy atom. The van der Waals surface area contributed by atoms with Crippen molar-refractivity contribution in [3.05, 3.63) is 29.6 Å². The first-order valence-electron chi connectivity index (χ1n) is 6.45. The summed E-state index contributed by atoms with van der Waals surface area (Å²) in [6, 6.07) is 3.83. The van der Waals surface area contributed by atoms with Crippen molar-refractivity contribution >= 4 is 21.2 Å². The summed E-state index contributed by atoms with van der Waals surface area (Å²) in [5.74, 6) is 0. The van der Waals surface area contributed by atoms with Crippen molar-refractivity contribution in [1.29, 1.82) is 0 Å². The largest absolute Gasteiger partial charge is 0.309 e. The van der Waals surface area contributed by atoms with Crippen LogP contribution in [0.3, 0.4) is 0 Å². The topological polar surface area (TPSA) is 55.2 Å². The fourth-order valence-corrected chi connectivity index (χ4v) is 4.00. The molecule has 1 fully saturated rings. The minimum absolute atomic E-state index is 0.604. The third-order valence-corrected chi connectivity index (χ3v) is 5.58. The molecule has 19 heavy (non-hydrogen) atoms. The second kappa shape index (κ2) is 4.31. The van der Waals surface area contributed by atoms with Gasteiger partial charge in [-0.25, -0.2) is 8.96 Å². The van der Waals surface area contributed by atoms with Gasteiger partial charge in [0.25, 0.3) is 0 Å². The van der Waals surface area contributed by atoms with Crippen LogP contribution in [-0.4, -0.2) is 34.8 Å². The Hall–Kier alpha value is -1.40. The summed E-state index contributed by atoms with van der Waals surface area (Å²) in [7, 11) is -3.46. The standard InChI is InChI=1S/C13H17N3O2S/c1-10-7-12-13(8-11(10)2)16(9-14-12)19(17,18)15-5-3-4-6-15/h7-9H,3-6H2,1-2H3. The molecule has 0 radical (unpaired) electrons. The molecule has 1 aromatic heterocycles. The number of hydrogen-bond acceptors (Lipinski definition) is 3. The third-order valence-electron chi connectivity index (χ3n) is 3.77. The lowest BCUT2D eigenvalue weighted by Gasteiger charge is -2.16. The monoisotopic (exact) mass is 279 g/mol. The van der Waals surface area contributed by atoms with Gasteiger partial charge in [-0.1, -0.05) is 0 Å². The smallest absolute Gasteiger partial charge is 0.236 e. The van der Waals surface area contributed by atoms with Crippen LogP contribution in [-0.2, 0) is 10.2 Å². The highest BCUT2D eigenvalue weighted by molar-refractivity contribution is 7.87. The van der Waals surface area contributed by atoms with E-state index in [2.05, 4.69) is 4.98 Å². The maximum atomic E-state index is 12.6. The van der Waals surface area contributed by atoms with Gasteiger partial charge < -0.3 is 0 Å². The zero-order chi connectivity index (χ0) is 13.6. The van der Waals surface area contributed by atoms with Gasteiger partial charge in [-0.15, -0.1) is 0 Å². The van der Waals surface area contributed by atoms with Crippen LogP contribution in [0.5, 0.6) is 0 Å². The van der Waals surface area contributed by atoms with Crippen molar-refractivity contribution in [3.8, 4) is 0 Å². The van der Waals surface area contributed by atoms with Gasteiger partial charge >= 0.3 is 10.2 Å². The Morgan fingerprint density at radius 3 is 2.42 bits per heavy atom. The summed E-state index contributed by atoms with van der Waals surface area (Å²) < 4.78 is 27.9. The fraction of sp³-hybridized carbons (Fsp3) is 0.462.